The Morgan fingerprint density at radius 2 is 2.22 bits per heavy atom. The Labute approximate surface area is 108 Å². The van der Waals surface area contributed by atoms with Crippen molar-refractivity contribution < 1.29 is 8.42 Å². The summed E-state index contributed by atoms with van der Waals surface area (Å²) in [6.07, 6.45) is 1.49. The molecule has 1 rings (SSSR count). The van der Waals surface area contributed by atoms with E-state index in [2.05, 4.69) is 9.97 Å². The number of hydrogen-bond donors (Lipinski definition) is 1. The number of nitriles is 1. The van der Waals surface area contributed by atoms with Crippen LogP contribution in [0.2, 0.25) is 0 Å². The lowest BCUT2D eigenvalue weighted by molar-refractivity contribution is 0.371. The van der Waals surface area contributed by atoms with Crippen molar-refractivity contribution in [3.8, 4) is 6.07 Å². The Morgan fingerprint density at radius 1 is 1.56 bits per heavy atom. The van der Waals surface area contributed by atoms with Crippen LogP contribution in [0.3, 0.4) is 0 Å². The first-order valence-corrected chi connectivity index (χ1v) is 7.20. The van der Waals surface area contributed by atoms with E-state index in [1.54, 1.807) is 6.92 Å². The van der Waals surface area contributed by atoms with Crippen LogP contribution < -0.4 is 0 Å². The van der Waals surface area contributed by atoms with E-state index in [9.17, 15) is 8.42 Å². The van der Waals surface area contributed by atoms with Crippen LogP contribution in [-0.4, -0.2) is 35.8 Å². The number of sulfonamides is 1. The lowest BCUT2D eigenvalue weighted by Crippen LogP contribution is -2.35. The number of imidazole rings is 1. The highest BCUT2D eigenvalue weighted by molar-refractivity contribution is 7.89. The highest BCUT2D eigenvalue weighted by Crippen LogP contribution is 2.15. The number of aryl methyl sites for hydroxylation is 1. The van der Waals surface area contributed by atoms with E-state index in [-0.39, 0.29) is 23.9 Å². The minimum atomic E-state index is -3.58. The molecule has 0 aromatic carbocycles. The van der Waals surface area contributed by atoms with Gasteiger partial charge in [-0.1, -0.05) is 13.8 Å². The molecule has 0 atom stereocenters. The third-order valence-corrected chi connectivity index (χ3v) is 4.11. The summed E-state index contributed by atoms with van der Waals surface area (Å²) in [4.78, 5) is 6.62. The third kappa shape index (κ3) is 3.55. The van der Waals surface area contributed by atoms with E-state index in [1.807, 2.05) is 19.9 Å². The Hall–Kier alpha value is -1.39. The molecule has 0 radical (unpaired) electrons. The van der Waals surface area contributed by atoms with Crippen molar-refractivity contribution in [3.05, 3.63) is 12.0 Å². The summed E-state index contributed by atoms with van der Waals surface area (Å²) in [5.74, 6) is 0.751. The zero-order valence-corrected chi connectivity index (χ0v) is 11.7. The molecule has 6 nitrogen and oxygen atoms in total. The quantitative estimate of drug-likeness (QED) is 0.843. The minimum absolute atomic E-state index is 0.0820. The highest BCUT2D eigenvalue weighted by Gasteiger charge is 2.26. The molecule has 1 N–H and O–H groups in total. The lowest BCUT2D eigenvalue weighted by Gasteiger charge is -2.21. The summed E-state index contributed by atoms with van der Waals surface area (Å²) in [6.45, 7) is 6.17. The van der Waals surface area contributed by atoms with Crippen LogP contribution in [0.4, 0.5) is 0 Å². The van der Waals surface area contributed by atoms with Crippen molar-refractivity contribution in [3.63, 3.8) is 0 Å². The molecule has 0 spiro atoms. The standard InChI is InChI=1S/C11H18N4O2S/c1-9(2)8-15(6-4-5-12)18(16,17)11-7-13-10(3)14-11/h7,9H,4,6,8H2,1-3H3,(H,13,14). The van der Waals surface area contributed by atoms with E-state index >= 15 is 0 Å². The number of hydrogen-bond acceptors (Lipinski definition) is 4. The maximum atomic E-state index is 12.3. The Kier molecular flexibility index (Phi) is 4.87. The molecule has 7 heteroatoms. The predicted molar refractivity (Wildman–Crippen MR) is 67.2 cm³/mol. The summed E-state index contributed by atoms with van der Waals surface area (Å²) < 4.78 is 26.0. The fourth-order valence-electron chi connectivity index (χ4n) is 1.56. The van der Waals surface area contributed by atoms with Gasteiger partial charge in [0.05, 0.1) is 12.3 Å². The monoisotopic (exact) mass is 270 g/mol. The maximum absolute atomic E-state index is 12.3. The van der Waals surface area contributed by atoms with Crippen LogP contribution in [0, 0.1) is 24.2 Å². The van der Waals surface area contributed by atoms with E-state index in [4.69, 9.17) is 5.26 Å². The van der Waals surface area contributed by atoms with E-state index in [0.29, 0.717) is 12.4 Å². The summed E-state index contributed by atoms with van der Waals surface area (Å²) >= 11 is 0. The minimum Gasteiger partial charge on any atom is -0.332 e. The second kappa shape index (κ2) is 5.98. The van der Waals surface area contributed by atoms with Gasteiger partial charge in [0.1, 0.15) is 5.82 Å². The first-order valence-electron chi connectivity index (χ1n) is 5.76. The molecule has 0 aliphatic heterocycles. The number of H-pyrrole nitrogens is 1. The van der Waals surface area contributed by atoms with Gasteiger partial charge in [-0.15, -0.1) is 0 Å². The van der Waals surface area contributed by atoms with Crippen molar-refractivity contribution in [2.24, 2.45) is 5.92 Å². The Bertz CT molecular complexity index is 527. The van der Waals surface area contributed by atoms with Crippen molar-refractivity contribution in [1.29, 1.82) is 5.26 Å². The fraction of sp³-hybridized carbons (Fsp3) is 0.636. The molecule has 18 heavy (non-hydrogen) atoms. The first kappa shape index (κ1) is 14.7. The molecule has 100 valence electrons. The van der Waals surface area contributed by atoms with Crippen molar-refractivity contribution in [2.75, 3.05) is 13.1 Å². The molecular weight excluding hydrogens is 252 g/mol. The molecule has 0 unspecified atom stereocenters. The highest BCUT2D eigenvalue weighted by atomic mass is 32.2. The van der Waals surface area contributed by atoms with Crippen molar-refractivity contribution in [2.45, 2.75) is 32.2 Å². The maximum Gasteiger partial charge on any atom is 0.260 e. The molecule has 0 saturated heterocycles. The third-order valence-electron chi connectivity index (χ3n) is 2.34. The SMILES string of the molecule is Cc1ncc(S(=O)(=O)N(CCC#N)CC(C)C)[nH]1. The van der Waals surface area contributed by atoms with E-state index < -0.39 is 10.0 Å². The van der Waals surface area contributed by atoms with Gasteiger partial charge in [0.15, 0.2) is 5.03 Å². The van der Waals surface area contributed by atoms with Crippen molar-refractivity contribution in [1.82, 2.24) is 14.3 Å². The zero-order valence-electron chi connectivity index (χ0n) is 10.8. The van der Waals surface area contributed by atoms with Gasteiger partial charge in [-0.2, -0.15) is 9.57 Å². The molecule has 0 bridgehead atoms. The lowest BCUT2D eigenvalue weighted by atomic mass is 10.2. The van der Waals surface area contributed by atoms with Crippen LogP contribution in [-0.2, 0) is 10.0 Å². The first-order chi connectivity index (χ1) is 8.37. The van der Waals surface area contributed by atoms with Gasteiger partial charge >= 0.3 is 0 Å². The molecule has 0 fully saturated rings. The molecule has 1 aromatic rings. The van der Waals surface area contributed by atoms with Crippen LogP contribution in [0.15, 0.2) is 11.2 Å². The molecule has 1 heterocycles. The summed E-state index contributed by atoms with van der Waals surface area (Å²) in [5, 5.41) is 8.68. The van der Waals surface area contributed by atoms with Gasteiger partial charge in [-0.3, -0.25) is 0 Å². The Balaban J connectivity index is 2.99. The number of nitrogens with one attached hydrogen (secondary N) is 1. The average Bonchev–Trinajstić information content (AvgIpc) is 2.71. The smallest absolute Gasteiger partial charge is 0.260 e. The van der Waals surface area contributed by atoms with Gasteiger partial charge in [0.25, 0.3) is 10.0 Å². The average molecular weight is 270 g/mol. The van der Waals surface area contributed by atoms with E-state index in [1.165, 1.54) is 10.5 Å². The predicted octanol–water partition coefficient (Wildman–Crippen LogP) is 1.28. The Morgan fingerprint density at radius 3 is 2.67 bits per heavy atom. The molecular formula is C11H18N4O2S. The molecule has 0 amide bonds. The van der Waals surface area contributed by atoms with Crippen LogP contribution in [0.25, 0.3) is 0 Å². The largest absolute Gasteiger partial charge is 0.332 e. The van der Waals surface area contributed by atoms with Gasteiger partial charge in [-0.25, -0.2) is 13.4 Å². The number of nitrogens with zero attached hydrogens (tertiary/aromatic N) is 3. The van der Waals surface area contributed by atoms with Crippen LogP contribution in [0.5, 0.6) is 0 Å². The van der Waals surface area contributed by atoms with Crippen molar-refractivity contribution >= 4 is 10.0 Å². The van der Waals surface area contributed by atoms with E-state index in [0.717, 1.165) is 0 Å². The fourth-order valence-corrected chi connectivity index (χ4v) is 3.13. The molecule has 0 saturated carbocycles. The van der Waals surface area contributed by atoms with Crippen LogP contribution >= 0.6 is 0 Å². The topological polar surface area (TPSA) is 89.8 Å². The van der Waals surface area contributed by atoms with Gasteiger partial charge in [0, 0.05) is 19.5 Å². The number of rotatable bonds is 6. The number of aromatic nitrogens is 2. The molecule has 1 aromatic heterocycles. The van der Waals surface area contributed by atoms with Gasteiger partial charge < -0.3 is 4.98 Å². The zero-order chi connectivity index (χ0) is 13.8. The molecule has 0 aliphatic rings. The van der Waals surface area contributed by atoms with Gasteiger partial charge in [0.2, 0.25) is 0 Å². The second-order valence-electron chi connectivity index (χ2n) is 4.50. The molecule has 0 aliphatic carbocycles. The second-order valence-corrected chi connectivity index (χ2v) is 6.40. The van der Waals surface area contributed by atoms with Crippen LogP contribution in [0.1, 0.15) is 26.1 Å². The summed E-state index contributed by atoms with van der Waals surface area (Å²) in [7, 11) is -3.58. The van der Waals surface area contributed by atoms with Gasteiger partial charge in [-0.05, 0) is 12.8 Å². The normalized spacial score (nSPS) is 12.0. The summed E-state index contributed by atoms with van der Waals surface area (Å²) in [5.41, 5.74) is 0. The number of aromatic amines is 1. The summed E-state index contributed by atoms with van der Waals surface area (Å²) in [6, 6.07) is 1.97.